The van der Waals surface area contributed by atoms with Crippen molar-refractivity contribution >= 4 is 35.0 Å². The van der Waals surface area contributed by atoms with Gasteiger partial charge in [0.25, 0.3) is 0 Å². The van der Waals surface area contributed by atoms with E-state index in [1.807, 2.05) is 12.1 Å². The number of nitrogens with two attached hydrogens (primary N) is 3. The van der Waals surface area contributed by atoms with E-state index in [1.165, 1.54) is 6.07 Å². The van der Waals surface area contributed by atoms with Crippen molar-refractivity contribution in [3.63, 3.8) is 0 Å². The van der Waals surface area contributed by atoms with Crippen LogP contribution >= 0.6 is 0 Å². The van der Waals surface area contributed by atoms with E-state index in [1.54, 1.807) is 97.1 Å². The molecule has 0 aliphatic heterocycles. The summed E-state index contributed by atoms with van der Waals surface area (Å²) >= 11 is 0. The van der Waals surface area contributed by atoms with Gasteiger partial charge in [0, 0.05) is 23.1 Å². The molecular formula is C35H29N3O6. The lowest BCUT2D eigenvalue weighted by molar-refractivity contribution is 0.0720. The second kappa shape index (κ2) is 13.3. The van der Waals surface area contributed by atoms with E-state index in [0.29, 0.717) is 52.3 Å². The number of hydrogen-bond acceptors (Lipinski definition) is 9. The SMILES string of the molecule is Nc1ccc(C(=O)Oc2ccc(CCc3cc(OC(=O)c4ccc(N)cc4)cc(OC(=O)c4ccc(N)cc4)c3)cc2)cc1. The normalized spacial score (nSPS) is 10.5. The van der Waals surface area contributed by atoms with Gasteiger partial charge >= 0.3 is 17.9 Å². The highest BCUT2D eigenvalue weighted by Crippen LogP contribution is 2.27. The Hall–Kier alpha value is -6.09. The van der Waals surface area contributed by atoms with Gasteiger partial charge in [0.2, 0.25) is 0 Å². The Kier molecular flexibility index (Phi) is 8.86. The van der Waals surface area contributed by atoms with Crippen LogP contribution in [0.5, 0.6) is 17.2 Å². The predicted molar refractivity (Wildman–Crippen MR) is 168 cm³/mol. The Morgan fingerprint density at radius 1 is 0.409 bits per heavy atom. The maximum Gasteiger partial charge on any atom is 0.343 e. The van der Waals surface area contributed by atoms with E-state index in [2.05, 4.69) is 0 Å². The first-order valence-corrected chi connectivity index (χ1v) is 13.7. The summed E-state index contributed by atoms with van der Waals surface area (Å²) in [6.07, 6.45) is 1.14. The third kappa shape index (κ3) is 7.80. The van der Waals surface area contributed by atoms with Gasteiger partial charge in [0.05, 0.1) is 16.7 Å². The number of rotatable bonds is 9. The monoisotopic (exact) mass is 587 g/mol. The molecule has 0 fully saturated rings. The molecule has 0 bridgehead atoms. The maximum atomic E-state index is 12.8. The minimum absolute atomic E-state index is 0.217. The van der Waals surface area contributed by atoms with E-state index in [4.69, 9.17) is 31.4 Å². The van der Waals surface area contributed by atoms with Crippen molar-refractivity contribution in [1.82, 2.24) is 0 Å². The quantitative estimate of drug-likeness (QED) is 0.109. The number of carbonyl (C=O) groups excluding carboxylic acids is 3. The highest BCUT2D eigenvalue weighted by atomic mass is 16.5. The number of hydrogen-bond donors (Lipinski definition) is 3. The molecular weight excluding hydrogens is 558 g/mol. The van der Waals surface area contributed by atoms with Gasteiger partial charge in [-0.1, -0.05) is 12.1 Å². The number of benzene rings is 5. The Morgan fingerprint density at radius 2 is 0.750 bits per heavy atom. The molecule has 0 spiro atoms. The van der Waals surface area contributed by atoms with E-state index in [-0.39, 0.29) is 11.5 Å². The van der Waals surface area contributed by atoms with Crippen LogP contribution < -0.4 is 31.4 Å². The van der Waals surface area contributed by atoms with Gasteiger partial charge in [-0.2, -0.15) is 0 Å². The molecule has 9 nitrogen and oxygen atoms in total. The second-order valence-corrected chi connectivity index (χ2v) is 9.99. The van der Waals surface area contributed by atoms with Crippen LogP contribution in [0.3, 0.4) is 0 Å². The molecule has 0 radical (unpaired) electrons. The van der Waals surface area contributed by atoms with E-state index < -0.39 is 17.9 Å². The van der Waals surface area contributed by atoms with Crippen LogP contribution in [0, 0.1) is 0 Å². The van der Waals surface area contributed by atoms with Gasteiger partial charge in [-0.05, 0) is 121 Å². The topological polar surface area (TPSA) is 157 Å². The van der Waals surface area contributed by atoms with Gasteiger partial charge < -0.3 is 31.4 Å². The van der Waals surface area contributed by atoms with Crippen LogP contribution in [-0.2, 0) is 12.8 Å². The Morgan fingerprint density at radius 3 is 1.14 bits per heavy atom. The van der Waals surface area contributed by atoms with Crippen LogP contribution in [0.4, 0.5) is 17.1 Å². The molecule has 0 aromatic heterocycles. The fraction of sp³-hybridized carbons (Fsp3) is 0.0571. The van der Waals surface area contributed by atoms with Crippen molar-refractivity contribution in [3.05, 3.63) is 143 Å². The van der Waals surface area contributed by atoms with Gasteiger partial charge in [-0.15, -0.1) is 0 Å². The summed E-state index contributed by atoms with van der Waals surface area (Å²) in [4.78, 5) is 38.0. The van der Waals surface area contributed by atoms with Crippen molar-refractivity contribution in [1.29, 1.82) is 0 Å². The van der Waals surface area contributed by atoms with E-state index >= 15 is 0 Å². The number of esters is 3. The van der Waals surface area contributed by atoms with Crippen LogP contribution in [0.15, 0.2) is 115 Å². The first-order valence-electron chi connectivity index (χ1n) is 13.7. The first-order chi connectivity index (χ1) is 21.2. The average Bonchev–Trinajstić information content (AvgIpc) is 3.01. The minimum atomic E-state index is -0.581. The van der Waals surface area contributed by atoms with E-state index in [0.717, 1.165) is 11.1 Å². The van der Waals surface area contributed by atoms with Crippen LogP contribution in [0.1, 0.15) is 42.2 Å². The highest BCUT2D eigenvalue weighted by molar-refractivity contribution is 5.93. The molecule has 220 valence electrons. The molecule has 0 aliphatic carbocycles. The molecule has 0 heterocycles. The van der Waals surface area contributed by atoms with Crippen molar-refractivity contribution in [2.75, 3.05) is 17.2 Å². The zero-order valence-corrected chi connectivity index (χ0v) is 23.6. The summed E-state index contributed by atoms with van der Waals surface area (Å²) in [5, 5.41) is 0. The third-order valence-corrected chi connectivity index (χ3v) is 6.64. The molecule has 0 atom stereocenters. The second-order valence-electron chi connectivity index (χ2n) is 9.99. The van der Waals surface area contributed by atoms with Crippen molar-refractivity contribution < 1.29 is 28.6 Å². The van der Waals surface area contributed by atoms with Gasteiger partial charge in [-0.3, -0.25) is 0 Å². The molecule has 9 heteroatoms. The zero-order chi connectivity index (χ0) is 31.1. The molecule has 0 unspecified atom stereocenters. The summed E-state index contributed by atoms with van der Waals surface area (Å²) in [6, 6.07) is 31.3. The molecule has 6 N–H and O–H groups in total. The predicted octanol–water partition coefficient (Wildman–Crippen LogP) is 5.88. The molecule has 0 aliphatic rings. The lowest BCUT2D eigenvalue weighted by Gasteiger charge is -2.12. The Balaban J connectivity index is 1.29. The standard InChI is InChI=1S/C35H29N3O6/c36-27-11-5-24(6-12-27)33(39)42-30-17-3-22(4-18-30)1-2-23-19-31(43-34(40)25-7-13-28(37)14-8-25)21-32(20-23)44-35(41)26-9-15-29(38)16-10-26/h3-21H,1-2,36-38H2. The Labute approximate surface area is 253 Å². The first kappa shape index (κ1) is 29.4. The summed E-state index contributed by atoms with van der Waals surface area (Å²) in [7, 11) is 0. The summed E-state index contributed by atoms with van der Waals surface area (Å²) in [6.45, 7) is 0. The van der Waals surface area contributed by atoms with E-state index in [9.17, 15) is 14.4 Å². The van der Waals surface area contributed by atoms with Gasteiger partial charge in [0.15, 0.2) is 0 Å². The molecule has 0 saturated heterocycles. The fourth-order valence-electron chi connectivity index (χ4n) is 4.26. The highest BCUT2D eigenvalue weighted by Gasteiger charge is 2.15. The summed E-state index contributed by atoms with van der Waals surface area (Å²) in [5.41, 5.74) is 21.5. The number of aryl methyl sites for hydroxylation is 2. The lowest BCUT2D eigenvalue weighted by Crippen LogP contribution is -2.11. The number of carbonyl (C=O) groups is 3. The van der Waals surface area contributed by atoms with Crippen LogP contribution in [0.25, 0.3) is 0 Å². The number of ether oxygens (including phenoxy) is 3. The Bertz CT molecular complexity index is 1710. The van der Waals surface area contributed by atoms with Crippen molar-refractivity contribution in [2.24, 2.45) is 0 Å². The van der Waals surface area contributed by atoms with Crippen LogP contribution in [-0.4, -0.2) is 17.9 Å². The number of nitrogen functional groups attached to an aromatic ring is 3. The molecule has 0 amide bonds. The maximum absolute atomic E-state index is 12.8. The summed E-state index contributed by atoms with van der Waals surface area (Å²) in [5.74, 6) is -0.805. The fourth-order valence-corrected chi connectivity index (χ4v) is 4.26. The zero-order valence-electron chi connectivity index (χ0n) is 23.6. The van der Waals surface area contributed by atoms with Crippen LogP contribution in [0.2, 0.25) is 0 Å². The average molecular weight is 588 g/mol. The molecule has 0 saturated carbocycles. The molecule has 44 heavy (non-hydrogen) atoms. The molecule has 5 aromatic carbocycles. The summed E-state index contributed by atoms with van der Waals surface area (Å²) < 4.78 is 16.7. The minimum Gasteiger partial charge on any atom is -0.423 e. The largest absolute Gasteiger partial charge is 0.423 e. The van der Waals surface area contributed by atoms with Gasteiger partial charge in [0.1, 0.15) is 17.2 Å². The van der Waals surface area contributed by atoms with Crippen molar-refractivity contribution in [3.8, 4) is 17.2 Å². The number of anilines is 3. The smallest absolute Gasteiger partial charge is 0.343 e. The molecule has 5 rings (SSSR count). The van der Waals surface area contributed by atoms with Crippen molar-refractivity contribution in [2.45, 2.75) is 12.8 Å². The molecule has 5 aromatic rings. The van der Waals surface area contributed by atoms with Gasteiger partial charge in [-0.25, -0.2) is 14.4 Å². The lowest BCUT2D eigenvalue weighted by atomic mass is 10.0. The third-order valence-electron chi connectivity index (χ3n) is 6.64.